The molecule has 0 unspecified atom stereocenters. The number of nitrogens with one attached hydrogen (secondary N) is 1. The summed E-state index contributed by atoms with van der Waals surface area (Å²) in [5, 5.41) is 3.46. The van der Waals surface area contributed by atoms with Crippen molar-refractivity contribution in [2.75, 3.05) is 27.7 Å². The lowest BCUT2D eigenvalue weighted by molar-refractivity contribution is 0.393. The van der Waals surface area contributed by atoms with Crippen LogP contribution >= 0.6 is 0 Å². The highest BCUT2D eigenvalue weighted by Gasteiger charge is 2.11. The Labute approximate surface area is 129 Å². The minimum Gasteiger partial charge on any atom is -0.496 e. The van der Waals surface area contributed by atoms with Gasteiger partial charge in [0.1, 0.15) is 5.75 Å². The van der Waals surface area contributed by atoms with Gasteiger partial charge >= 0.3 is 0 Å². The number of benzene rings is 1. The molecule has 0 radical (unpaired) electrons. The van der Waals surface area contributed by atoms with E-state index in [1.807, 2.05) is 25.2 Å². The molecule has 21 heavy (non-hydrogen) atoms. The maximum absolute atomic E-state index is 5.41. The van der Waals surface area contributed by atoms with Gasteiger partial charge in [-0.25, -0.2) is 0 Å². The van der Waals surface area contributed by atoms with Gasteiger partial charge in [-0.1, -0.05) is 44.9 Å². The quantitative estimate of drug-likeness (QED) is 0.619. The molecule has 0 saturated carbocycles. The molecule has 1 aromatic rings. The molecule has 0 fully saturated rings. The summed E-state index contributed by atoms with van der Waals surface area (Å²) in [5.41, 5.74) is 1.16. The number of nitrogens with zero attached hydrogens (tertiary/aromatic N) is 2. The molecule has 0 aromatic heterocycles. The number of rotatable bonds is 7. The second kappa shape index (κ2) is 9.27. The average molecular weight is 291 g/mol. The molecule has 0 atom stereocenters. The Kier molecular flexibility index (Phi) is 7.65. The van der Waals surface area contributed by atoms with Crippen molar-refractivity contribution < 1.29 is 4.74 Å². The molecule has 0 spiro atoms. The Morgan fingerprint density at radius 2 is 1.95 bits per heavy atom. The van der Waals surface area contributed by atoms with Crippen LogP contribution in [0.2, 0.25) is 0 Å². The van der Waals surface area contributed by atoms with E-state index in [1.165, 1.54) is 12.8 Å². The summed E-state index contributed by atoms with van der Waals surface area (Å²) in [6, 6.07) is 8.10. The highest BCUT2D eigenvalue weighted by Crippen LogP contribution is 2.18. The van der Waals surface area contributed by atoms with Gasteiger partial charge in [0, 0.05) is 32.7 Å². The minimum absolute atomic E-state index is 0.696. The Bertz CT molecular complexity index is 441. The third kappa shape index (κ3) is 5.29. The van der Waals surface area contributed by atoms with Crippen LogP contribution < -0.4 is 10.1 Å². The molecular formula is C17H29N3O. The van der Waals surface area contributed by atoms with E-state index in [2.05, 4.69) is 42.2 Å². The van der Waals surface area contributed by atoms with Crippen molar-refractivity contribution in [3.05, 3.63) is 29.8 Å². The molecule has 4 nitrogen and oxygen atoms in total. The van der Waals surface area contributed by atoms with Gasteiger partial charge in [-0.05, 0) is 12.0 Å². The van der Waals surface area contributed by atoms with E-state index in [0.717, 1.165) is 30.4 Å². The fourth-order valence-electron chi connectivity index (χ4n) is 2.36. The minimum atomic E-state index is 0.696. The molecule has 0 bridgehead atoms. The van der Waals surface area contributed by atoms with Crippen molar-refractivity contribution >= 4 is 5.96 Å². The molecular weight excluding hydrogens is 262 g/mol. The van der Waals surface area contributed by atoms with E-state index >= 15 is 0 Å². The number of hydrogen-bond donors (Lipinski definition) is 1. The second-order valence-electron chi connectivity index (χ2n) is 5.28. The summed E-state index contributed by atoms with van der Waals surface area (Å²) in [4.78, 5) is 6.50. The molecule has 1 rings (SSSR count). The van der Waals surface area contributed by atoms with Crippen LogP contribution in [-0.4, -0.2) is 38.6 Å². The molecule has 118 valence electrons. The first kappa shape index (κ1) is 17.3. The summed E-state index contributed by atoms with van der Waals surface area (Å²) in [6.07, 6.45) is 2.38. The van der Waals surface area contributed by atoms with Gasteiger partial charge in [0.05, 0.1) is 7.11 Å². The zero-order chi connectivity index (χ0) is 15.7. The van der Waals surface area contributed by atoms with Gasteiger partial charge in [-0.15, -0.1) is 0 Å². The summed E-state index contributed by atoms with van der Waals surface area (Å²) >= 11 is 0. The molecule has 0 amide bonds. The first-order valence-corrected chi connectivity index (χ1v) is 7.69. The Morgan fingerprint density at radius 1 is 1.29 bits per heavy atom. The highest BCUT2D eigenvalue weighted by atomic mass is 16.5. The zero-order valence-electron chi connectivity index (χ0n) is 14.0. The molecule has 0 saturated heterocycles. The lowest BCUT2D eigenvalue weighted by atomic mass is 10.0. The van der Waals surface area contributed by atoms with E-state index in [1.54, 1.807) is 7.11 Å². The van der Waals surface area contributed by atoms with Gasteiger partial charge in [0.25, 0.3) is 0 Å². The predicted octanol–water partition coefficient (Wildman–Crippen LogP) is 3.14. The van der Waals surface area contributed by atoms with Crippen molar-refractivity contribution in [3.8, 4) is 5.75 Å². The van der Waals surface area contributed by atoms with Gasteiger partial charge in [-0.2, -0.15) is 0 Å². The number of methoxy groups -OCH3 is 1. The van der Waals surface area contributed by atoms with Crippen LogP contribution in [0.3, 0.4) is 0 Å². The van der Waals surface area contributed by atoms with Crippen LogP contribution in [0.4, 0.5) is 0 Å². The van der Waals surface area contributed by atoms with E-state index in [-0.39, 0.29) is 0 Å². The number of hydrogen-bond acceptors (Lipinski definition) is 2. The van der Waals surface area contributed by atoms with Crippen LogP contribution in [0.15, 0.2) is 29.3 Å². The summed E-state index contributed by atoms with van der Waals surface area (Å²) in [7, 11) is 5.58. The van der Waals surface area contributed by atoms with Crippen LogP contribution in [0.5, 0.6) is 5.75 Å². The fourth-order valence-corrected chi connectivity index (χ4v) is 2.36. The fraction of sp³-hybridized carbons (Fsp3) is 0.588. The van der Waals surface area contributed by atoms with Gasteiger partial charge in [-0.3, -0.25) is 4.99 Å². The summed E-state index contributed by atoms with van der Waals surface area (Å²) in [6.45, 7) is 6.21. The maximum atomic E-state index is 5.41. The number of aliphatic imine (C=N–C) groups is 1. The standard InChI is InChI=1S/C17H29N3O/c1-6-14(7-2)12-19-17(18-3)20(4)13-15-10-8-9-11-16(15)21-5/h8-11,14H,6-7,12-13H2,1-5H3,(H,18,19). The molecule has 1 aromatic carbocycles. The Balaban J connectivity index is 2.65. The molecule has 4 heteroatoms. The molecule has 0 aliphatic carbocycles. The van der Waals surface area contributed by atoms with Gasteiger partial charge in [0.15, 0.2) is 5.96 Å². The number of para-hydroxylation sites is 1. The zero-order valence-corrected chi connectivity index (χ0v) is 14.0. The number of guanidine groups is 1. The topological polar surface area (TPSA) is 36.9 Å². The maximum Gasteiger partial charge on any atom is 0.193 e. The monoisotopic (exact) mass is 291 g/mol. The lowest BCUT2D eigenvalue weighted by Crippen LogP contribution is -2.40. The Morgan fingerprint density at radius 3 is 2.52 bits per heavy atom. The third-order valence-electron chi connectivity index (χ3n) is 3.88. The summed E-state index contributed by atoms with van der Waals surface area (Å²) < 4.78 is 5.41. The first-order chi connectivity index (χ1) is 10.2. The highest BCUT2D eigenvalue weighted by molar-refractivity contribution is 5.79. The van der Waals surface area contributed by atoms with Crippen molar-refractivity contribution in [2.45, 2.75) is 33.2 Å². The summed E-state index contributed by atoms with van der Waals surface area (Å²) in [5.74, 6) is 2.54. The van der Waals surface area contributed by atoms with Gasteiger partial charge < -0.3 is 15.0 Å². The smallest absolute Gasteiger partial charge is 0.193 e. The normalized spacial score (nSPS) is 11.6. The van der Waals surface area contributed by atoms with Crippen molar-refractivity contribution in [1.29, 1.82) is 0 Å². The SMILES string of the molecule is CCC(CC)CNC(=NC)N(C)Cc1ccccc1OC. The van der Waals surface area contributed by atoms with E-state index in [9.17, 15) is 0 Å². The lowest BCUT2D eigenvalue weighted by Gasteiger charge is -2.24. The molecule has 0 aliphatic rings. The third-order valence-corrected chi connectivity index (χ3v) is 3.88. The largest absolute Gasteiger partial charge is 0.496 e. The molecule has 0 aliphatic heterocycles. The van der Waals surface area contributed by atoms with Crippen LogP contribution in [0, 0.1) is 5.92 Å². The van der Waals surface area contributed by atoms with Gasteiger partial charge in [0.2, 0.25) is 0 Å². The molecule has 1 N–H and O–H groups in total. The van der Waals surface area contributed by atoms with E-state index in [0.29, 0.717) is 5.92 Å². The van der Waals surface area contributed by atoms with Crippen LogP contribution in [0.1, 0.15) is 32.3 Å². The number of ether oxygens (including phenoxy) is 1. The van der Waals surface area contributed by atoms with Crippen LogP contribution in [0.25, 0.3) is 0 Å². The Hall–Kier alpha value is -1.71. The average Bonchev–Trinajstić information content (AvgIpc) is 2.52. The van der Waals surface area contributed by atoms with Crippen molar-refractivity contribution in [2.24, 2.45) is 10.9 Å². The van der Waals surface area contributed by atoms with Crippen molar-refractivity contribution in [1.82, 2.24) is 10.2 Å². The van der Waals surface area contributed by atoms with Crippen molar-refractivity contribution in [3.63, 3.8) is 0 Å². The van der Waals surface area contributed by atoms with E-state index < -0.39 is 0 Å². The predicted molar refractivity (Wildman–Crippen MR) is 89.9 cm³/mol. The molecule has 0 heterocycles. The van der Waals surface area contributed by atoms with E-state index in [4.69, 9.17) is 4.74 Å². The second-order valence-corrected chi connectivity index (χ2v) is 5.28. The van der Waals surface area contributed by atoms with Crippen LogP contribution in [-0.2, 0) is 6.54 Å². The first-order valence-electron chi connectivity index (χ1n) is 7.69.